The minimum atomic E-state index is -0.0400. The first kappa shape index (κ1) is 22.7. The Hall–Kier alpha value is -3.05. The summed E-state index contributed by atoms with van der Waals surface area (Å²) in [5.74, 6) is 1.69. The molecule has 6 heteroatoms. The second kappa shape index (κ2) is 10.1. The molecular formula is C28H31ClN4O. The minimum Gasteiger partial charge on any atom is -0.351 e. The molecule has 0 amide bonds. The predicted octanol–water partition coefficient (Wildman–Crippen LogP) is 6.74. The summed E-state index contributed by atoms with van der Waals surface area (Å²) in [5.41, 5.74) is 3.00. The molecule has 1 saturated heterocycles. The van der Waals surface area contributed by atoms with Crippen LogP contribution in [-0.2, 0) is 6.54 Å². The van der Waals surface area contributed by atoms with E-state index in [0.717, 1.165) is 62.3 Å². The highest BCUT2D eigenvalue weighted by Crippen LogP contribution is 2.35. The SMILES string of the molecule is CCCCCn1c(N2CCCCC2c2ccccc2)cc(=O)n2cc(-c3ccc(Cl)cc3)nc12. The molecule has 0 spiro atoms. The van der Waals surface area contributed by atoms with Gasteiger partial charge in [0.15, 0.2) is 0 Å². The van der Waals surface area contributed by atoms with Gasteiger partial charge in [-0.1, -0.05) is 73.8 Å². The maximum atomic E-state index is 13.3. The van der Waals surface area contributed by atoms with Gasteiger partial charge in [0.1, 0.15) is 5.82 Å². The Morgan fingerprint density at radius 3 is 2.59 bits per heavy atom. The van der Waals surface area contributed by atoms with Crippen molar-refractivity contribution in [3.05, 3.63) is 87.8 Å². The number of aromatic nitrogens is 3. The average Bonchev–Trinajstić information content (AvgIpc) is 3.32. The first-order valence-corrected chi connectivity index (χ1v) is 12.7. The van der Waals surface area contributed by atoms with Gasteiger partial charge in [0.2, 0.25) is 5.78 Å². The Balaban J connectivity index is 1.64. The van der Waals surface area contributed by atoms with Crippen molar-refractivity contribution in [3.63, 3.8) is 0 Å². The highest BCUT2D eigenvalue weighted by atomic mass is 35.5. The third-order valence-corrected chi connectivity index (χ3v) is 7.05. The van der Waals surface area contributed by atoms with Gasteiger partial charge < -0.3 is 4.90 Å². The molecule has 1 aliphatic heterocycles. The van der Waals surface area contributed by atoms with Crippen molar-refractivity contribution in [1.82, 2.24) is 14.0 Å². The molecule has 0 radical (unpaired) electrons. The Morgan fingerprint density at radius 1 is 1.03 bits per heavy atom. The fourth-order valence-corrected chi connectivity index (χ4v) is 5.17. The van der Waals surface area contributed by atoms with Crippen molar-refractivity contribution in [2.24, 2.45) is 0 Å². The summed E-state index contributed by atoms with van der Waals surface area (Å²) >= 11 is 6.08. The van der Waals surface area contributed by atoms with Crippen LogP contribution in [0.1, 0.15) is 57.1 Å². The van der Waals surface area contributed by atoms with Crippen LogP contribution in [-0.4, -0.2) is 20.5 Å². The van der Waals surface area contributed by atoms with Crippen LogP contribution < -0.4 is 10.5 Å². The van der Waals surface area contributed by atoms with Crippen LogP contribution in [0.5, 0.6) is 0 Å². The predicted molar refractivity (Wildman–Crippen MR) is 140 cm³/mol. The molecule has 2 aromatic carbocycles. The van der Waals surface area contributed by atoms with Crippen molar-refractivity contribution in [3.8, 4) is 11.3 Å². The van der Waals surface area contributed by atoms with Gasteiger partial charge in [-0.05, 0) is 43.4 Å². The minimum absolute atomic E-state index is 0.0400. The monoisotopic (exact) mass is 474 g/mol. The number of aryl methyl sites for hydroxylation is 1. The average molecular weight is 475 g/mol. The maximum Gasteiger partial charge on any atom is 0.261 e. The third-order valence-electron chi connectivity index (χ3n) is 6.80. The fraction of sp³-hybridized carbons (Fsp3) is 0.357. The zero-order valence-electron chi connectivity index (χ0n) is 19.7. The van der Waals surface area contributed by atoms with Crippen LogP contribution in [0.2, 0.25) is 5.02 Å². The molecule has 4 aromatic rings. The number of rotatable bonds is 7. The first-order chi connectivity index (χ1) is 16.7. The number of benzene rings is 2. The first-order valence-electron chi connectivity index (χ1n) is 12.4. The van der Waals surface area contributed by atoms with Crippen LogP contribution in [0.15, 0.2) is 71.7 Å². The van der Waals surface area contributed by atoms with Gasteiger partial charge in [-0.15, -0.1) is 0 Å². The summed E-state index contributed by atoms with van der Waals surface area (Å²) in [6, 6.07) is 20.4. The molecule has 176 valence electrons. The summed E-state index contributed by atoms with van der Waals surface area (Å²) in [4.78, 5) is 20.7. The smallest absolute Gasteiger partial charge is 0.261 e. The van der Waals surface area contributed by atoms with Crippen molar-refractivity contribution in [1.29, 1.82) is 0 Å². The number of unbranched alkanes of at least 4 members (excludes halogenated alkanes) is 2. The van der Waals surface area contributed by atoms with Gasteiger partial charge >= 0.3 is 0 Å². The molecule has 0 saturated carbocycles. The van der Waals surface area contributed by atoms with Crippen LogP contribution >= 0.6 is 11.6 Å². The van der Waals surface area contributed by atoms with Crippen LogP contribution in [0.4, 0.5) is 5.82 Å². The maximum absolute atomic E-state index is 13.3. The molecular weight excluding hydrogens is 444 g/mol. The lowest BCUT2D eigenvalue weighted by Crippen LogP contribution is -2.37. The molecule has 0 N–H and O–H groups in total. The lowest BCUT2D eigenvalue weighted by Gasteiger charge is -2.39. The summed E-state index contributed by atoms with van der Waals surface area (Å²) in [6.07, 6.45) is 8.60. The number of imidazole rings is 1. The fourth-order valence-electron chi connectivity index (χ4n) is 5.04. The number of anilines is 1. The van der Waals surface area contributed by atoms with Gasteiger partial charge in [-0.3, -0.25) is 13.8 Å². The standard InChI is InChI=1S/C28H31ClN4O/c1-2-3-8-18-32-26(31-17-9-7-12-25(31)22-10-5-4-6-11-22)19-27(34)33-20-24(30-28(32)33)21-13-15-23(29)16-14-21/h4-6,10-11,13-16,19-20,25H,2-3,7-9,12,17-18H2,1H3. The Kier molecular flexibility index (Phi) is 6.73. The quantitative estimate of drug-likeness (QED) is 0.278. The van der Waals surface area contributed by atoms with E-state index in [0.29, 0.717) is 10.8 Å². The summed E-state index contributed by atoms with van der Waals surface area (Å²) < 4.78 is 3.96. The zero-order valence-corrected chi connectivity index (χ0v) is 20.4. The Bertz CT molecular complexity index is 1310. The largest absolute Gasteiger partial charge is 0.351 e. The van der Waals surface area contributed by atoms with E-state index in [1.807, 2.05) is 36.5 Å². The van der Waals surface area contributed by atoms with E-state index in [9.17, 15) is 4.79 Å². The van der Waals surface area contributed by atoms with Gasteiger partial charge in [0.05, 0.1) is 11.7 Å². The molecule has 2 aromatic heterocycles. The number of fused-ring (bicyclic) bond motifs is 1. The van der Waals surface area contributed by atoms with E-state index in [4.69, 9.17) is 16.6 Å². The molecule has 0 aliphatic carbocycles. The van der Waals surface area contributed by atoms with Crippen molar-refractivity contribution in [2.75, 3.05) is 11.4 Å². The van der Waals surface area contributed by atoms with Gasteiger partial charge in [0, 0.05) is 35.9 Å². The molecule has 1 atom stereocenters. The van der Waals surface area contributed by atoms with Gasteiger partial charge in [0.25, 0.3) is 5.56 Å². The molecule has 0 bridgehead atoms. The van der Waals surface area contributed by atoms with Crippen molar-refractivity contribution < 1.29 is 0 Å². The molecule has 5 nitrogen and oxygen atoms in total. The molecule has 3 heterocycles. The third kappa shape index (κ3) is 4.49. The number of hydrogen-bond acceptors (Lipinski definition) is 3. The highest BCUT2D eigenvalue weighted by Gasteiger charge is 2.27. The van der Waals surface area contributed by atoms with E-state index in [2.05, 4.69) is 46.7 Å². The number of nitrogens with zero attached hydrogens (tertiary/aromatic N) is 4. The number of hydrogen-bond donors (Lipinski definition) is 0. The van der Waals surface area contributed by atoms with Gasteiger partial charge in [-0.25, -0.2) is 4.98 Å². The second-order valence-corrected chi connectivity index (χ2v) is 9.55. The molecule has 1 unspecified atom stereocenters. The Labute approximate surface area is 205 Å². The topological polar surface area (TPSA) is 42.5 Å². The Morgan fingerprint density at radius 2 is 1.82 bits per heavy atom. The summed E-state index contributed by atoms with van der Waals surface area (Å²) in [5, 5.41) is 0.686. The molecule has 1 aliphatic rings. The highest BCUT2D eigenvalue weighted by molar-refractivity contribution is 6.30. The van der Waals surface area contributed by atoms with Crippen LogP contribution in [0.3, 0.4) is 0 Å². The lowest BCUT2D eigenvalue weighted by molar-refractivity contribution is 0.458. The lowest BCUT2D eigenvalue weighted by atomic mass is 9.95. The molecule has 5 rings (SSSR count). The van der Waals surface area contributed by atoms with Crippen LogP contribution in [0, 0.1) is 0 Å². The molecule has 1 fully saturated rings. The van der Waals surface area contributed by atoms with Crippen LogP contribution in [0.25, 0.3) is 17.0 Å². The van der Waals surface area contributed by atoms with Crippen molar-refractivity contribution >= 4 is 23.2 Å². The molecule has 34 heavy (non-hydrogen) atoms. The van der Waals surface area contributed by atoms with E-state index < -0.39 is 0 Å². The summed E-state index contributed by atoms with van der Waals surface area (Å²) in [7, 11) is 0. The normalized spacial score (nSPS) is 16.3. The van der Waals surface area contributed by atoms with Gasteiger partial charge in [-0.2, -0.15) is 0 Å². The van der Waals surface area contributed by atoms with E-state index in [1.165, 1.54) is 12.0 Å². The van der Waals surface area contributed by atoms with E-state index >= 15 is 0 Å². The van der Waals surface area contributed by atoms with E-state index in [1.54, 1.807) is 4.40 Å². The number of piperidine rings is 1. The number of halogens is 1. The van der Waals surface area contributed by atoms with Crippen molar-refractivity contribution in [2.45, 2.75) is 58.0 Å². The summed E-state index contributed by atoms with van der Waals surface area (Å²) in [6.45, 7) is 3.99. The van der Waals surface area contributed by atoms with E-state index in [-0.39, 0.29) is 11.6 Å². The second-order valence-electron chi connectivity index (χ2n) is 9.12. The zero-order chi connectivity index (χ0) is 23.5.